The molecule has 0 unspecified atom stereocenters. The van der Waals surface area contributed by atoms with E-state index in [0.717, 1.165) is 18.8 Å². The van der Waals surface area contributed by atoms with E-state index in [9.17, 15) is 9.90 Å². The molecule has 1 N–H and O–H groups in total. The van der Waals surface area contributed by atoms with Crippen molar-refractivity contribution >= 4 is 6.09 Å². The van der Waals surface area contributed by atoms with E-state index in [1.54, 1.807) is 11.8 Å². The zero-order chi connectivity index (χ0) is 19.2. The monoisotopic (exact) mass is 364 g/mol. The van der Waals surface area contributed by atoms with Crippen molar-refractivity contribution in [3.8, 4) is 5.75 Å². The van der Waals surface area contributed by atoms with Crippen molar-refractivity contribution in [2.24, 2.45) is 0 Å². The van der Waals surface area contributed by atoms with Crippen molar-refractivity contribution in [1.82, 2.24) is 9.80 Å². The number of amides is 1. The number of piperazine rings is 1. The van der Waals surface area contributed by atoms with E-state index in [-0.39, 0.29) is 18.1 Å². The van der Waals surface area contributed by atoms with E-state index in [4.69, 9.17) is 9.47 Å². The van der Waals surface area contributed by atoms with Gasteiger partial charge in [0.25, 0.3) is 0 Å². The Balaban J connectivity index is 1.71. The second kappa shape index (κ2) is 9.24. The van der Waals surface area contributed by atoms with Crippen LogP contribution in [0.3, 0.4) is 0 Å². The van der Waals surface area contributed by atoms with Gasteiger partial charge in [-0.1, -0.05) is 32.9 Å². The molecule has 0 radical (unpaired) electrons. The Kier molecular flexibility index (Phi) is 7.29. The van der Waals surface area contributed by atoms with Crippen LogP contribution in [0.5, 0.6) is 5.75 Å². The predicted molar refractivity (Wildman–Crippen MR) is 102 cm³/mol. The third kappa shape index (κ3) is 6.18. The lowest BCUT2D eigenvalue weighted by atomic mass is 9.87. The molecule has 6 heteroatoms. The minimum atomic E-state index is -0.563. The summed E-state index contributed by atoms with van der Waals surface area (Å²) in [7, 11) is 0. The van der Waals surface area contributed by atoms with E-state index >= 15 is 0 Å². The van der Waals surface area contributed by atoms with E-state index in [0.29, 0.717) is 26.2 Å². The molecule has 6 nitrogen and oxygen atoms in total. The van der Waals surface area contributed by atoms with Gasteiger partial charge in [0.05, 0.1) is 6.61 Å². The van der Waals surface area contributed by atoms with E-state index in [1.165, 1.54) is 5.56 Å². The summed E-state index contributed by atoms with van der Waals surface area (Å²) in [6, 6.07) is 8.03. The number of nitrogens with zero attached hydrogens (tertiary/aromatic N) is 2. The molecule has 0 spiro atoms. The first-order valence-corrected chi connectivity index (χ1v) is 9.35. The molecule has 1 fully saturated rings. The standard InChI is InChI=1S/C20H32N2O4/c1-5-25-19(24)22-12-10-21(11-13-22)14-17(23)15-26-18-8-6-16(7-9-18)20(2,3)4/h6-9,17,23H,5,10-15H2,1-4H3/t17-/m1/s1. The van der Waals surface area contributed by atoms with Gasteiger partial charge in [0, 0.05) is 32.7 Å². The fourth-order valence-corrected chi connectivity index (χ4v) is 2.92. The van der Waals surface area contributed by atoms with Crippen LogP contribution >= 0.6 is 0 Å². The molecule has 26 heavy (non-hydrogen) atoms. The zero-order valence-electron chi connectivity index (χ0n) is 16.4. The molecule has 1 atom stereocenters. The summed E-state index contributed by atoms with van der Waals surface area (Å²) >= 11 is 0. The molecule has 146 valence electrons. The summed E-state index contributed by atoms with van der Waals surface area (Å²) in [5, 5.41) is 10.2. The topological polar surface area (TPSA) is 62.2 Å². The maximum atomic E-state index is 11.7. The average Bonchev–Trinajstić information content (AvgIpc) is 2.60. The van der Waals surface area contributed by atoms with E-state index in [2.05, 4.69) is 37.8 Å². The second-order valence-corrected chi connectivity index (χ2v) is 7.73. The first-order valence-electron chi connectivity index (χ1n) is 9.35. The van der Waals surface area contributed by atoms with Gasteiger partial charge in [-0.05, 0) is 30.0 Å². The Morgan fingerprint density at radius 3 is 2.31 bits per heavy atom. The van der Waals surface area contributed by atoms with Crippen molar-refractivity contribution in [1.29, 1.82) is 0 Å². The number of carbonyl (C=O) groups is 1. The number of rotatable bonds is 6. The smallest absolute Gasteiger partial charge is 0.409 e. The lowest BCUT2D eigenvalue weighted by Crippen LogP contribution is -2.51. The van der Waals surface area contributed by atoms with Gasteiger partial charge in [-0.15, -0.1) is 0 Å². The Bertz CT molecular complexity index is 560. The molecule has 1 aromatic carbocycles. The molecule has 0 bridgehead atoms. The summed E-state index contributed by atoms with van der Waals surface area (Å²) in [5.74, 6) is 0.768. The van der Waals surface area contributed by atoms with E-state index in [1.807, 2.05) is 12.1 Å². The molecule has 0 aliphatic carbocycles. The number of hydrogen-bond donors (Lipinski definition) is 1. The van der Waals surface area contributed by atoms with Crippen molar-refractivity contribution in [2.75, 3.05) is 45.9 Å². The molecule has 0 aromatic heterocycles. The lowest BCUT2D eigenvalue weighted by molar-refractivity contribution is 0.0407. The molecule has 1 heterocycles. The maximum absolute atomic E-state index is 11.7. The van der Waals surface area contributed by atoms with Gasteiger partial charge >= 0.3 is 6.09 Å². The Morgan fingerprint density at radius 1 is 1.15 bits per heavy atom. The summed E-state index contributed by atoms with van der Waals surface area (Å²) < 4.78 is 10.7. The van der Waals surface area contributed by atoms with Gasteiger partial charge in [0.2, 0.25) is 0 Å². The number of benzene rings is 1. The molecule has 1 aliphatic rings. The predicted octanol–water partition coefficient (Wildman–Crippen LogP) is 2.50. The van der Waals surface area contributed by atoms with Crippen molar-refractivity contribution in [2.45, 2.75) is 39.2 Å². The highest BCUT2D eigenvalue weighted by molar-refractivity contribution is 5.67. The molecular formula is C20H32N2O4. The molecule has 1 amide bonds. The zero-order valence-corrected chi connectivity index (χ0v) is 16.4. The van der Waals surface area contributed by atoms with Crippen LogP contribution in [0, 0.1) is 0 Å². The van der Waals surface area contributed by atoms with Crippen molar-refractivity contribution in [3.05, 3.63) is 29.8 Å². The molecule has 2 rings (SSSR count). The van der Waals surface area contributed by atoms with Crippen LogP contribution in [0.25, 0.3) is 0 Å². The van der Waals surface area contributed by atoms with Crippen LogP contribution in [-0.4, -0.2) is 73.0 Å². The highest BCUT2D eigenvalue weighted by Gasteiger charge is 2.23. The van der Waals surface area contributed by atoms with Crippen molar-refractivity contribution in [3.63, 3.8) is 0 Å². The summed E-state index contributed by atoms with van der Waals surface area (Å²) in [5.41, 5.74) is 1.37. The van der Waals surface area contributed by atoms with Gasteiger partial charge in [-0.2, -0.15) is 0 Å². The first-order chi connectivity index (χ1) is 12.3. The van der Waals surface area contributed by atoms with E-state index < -0.39 is 6.10 Å². The second-order valence-electron chi connectivity index (χ2n) is 7.73. The SMILES string of the molecule is CCOC(=O)N1CCN(C[C@@H](O)COc2ccc(C(C)(C)C)cc2)CC1. The molecule has 1 aromatic rings. The third-order valence-corrected chi connectivity index (χ3v) is 4.53. The van der Waals surface area contributed by atoms with Gasteiger partial charge in [0.15, 0.2) is 0 Å². The van der Waals surface area contributed by atoms with Crippen LogP contribution in [0.15, 0.2) is 24.3 Å². The number of β-amino-alcohol motifs (C(OH)–C–C–N with tert-alkyl or cyclic N) is 1. The number of carbonyl (C=O) groups excluding carboxylic acids is 1. The minimum Gasteiger partial charge on any atom is -0.491 e. The van der Waals surface area contributed by atoms with Crippen LogP contribution in [0.4, 0.5) is 4.79 Å². The lowest BCUT2D eigenvalue weighted by Gasteiger charge is -2.34. The highest BCUT2D eigenvalue weighted by Crippen LogP contribution is 2.24. The average molecular weight is 364 g/mol. The van der Waals surface area contributed by atoms with Gasteiger partial charge in [-0.25, -0.2) is 4.79 Å². The Hall–Kier alpha value is -1.79. The summed E-state index contributed by atoms with van der Waals surface area (Å²) in [4.78, 5) is 15.5. The quantitative estimate of drug-likeness (QED) is 0.840. The maximum Gasteiger partial charge on any atom is 0.409 e. The minimum absolute atomic E-state index is 0.115. The Labute approximate surface area is 156 Å². The van der Waals surface area contributed by atoms with Crippen LogP contribution in [0.2, 0.25) is 0 Å². The molecule has 1 aliphatic heterocycles. The largest absolute Gasteiger partial charge is 0.491 e. The highest BCUT2D eigenvalue weighted by atomic mass is 16.6. The van der Waals surface area contributed by atoms with Crippen molar-refractivity contribution < 1.29 is 19.4 Å². The number of hydrogen-bond acceptors (Lipinski definition) is 5. The summed E-state index contributed by atoms with van der Waals surface area (Å²) in [6.45, 7) is 12.2. The molecular weight excluding hydrogens is 332 g/mol. The fraction of sp³-hybridized carbons (Fsp3) is 0.650. The summed E-state index contributed by atoms with van der Waals surface area (Å²) in [6.07, 6.45) is -0.818. The first kappa shape index (κ1) is 20.5. The number of aliphatic hydroxyl groups excluding tert-OH is 1. The Morgan fingerprint density at radius 2 is 1.77 bits per heavy atom. The van der Waals surface area contributed by atoms with Crippen LogP contribution in [-0.2, 0) is 10.2 Å². The fourth-order valence-electron chi connectivity index (χ4n) is 2.92. The normalized spacial score (nSPS) is 17.0. The number of aliphatic hydroxyl groups is 1. The molecule has 1 saturated heterocycles. The van der Waals surface area contributed by atoms with Gasteiger partial charge in [0.1, 0.15) is 18.5 Å². The van der Waals surface area contributed by atoms with Gasteiger partial charge < -0.3 is 19.5 Å². The van der Waals surface area contributed by atoms with Crippen LogP contribution in [0.1, 0.15) is 33.3 Å². The third-order valence-electron chi connectivity index (χ3n) is 4.53. The van der Waals surface area contributed by atoms with Gasteiger partial charge in [-0.3, -0.25) is 4.90 Å². The number of ether oxygens (including phenoxy) is 2. The molecule has 0 saturated carbocycles. The van der Waals surface area contributed by atoms with Crippen LogP contribution < -0.4 is 4.74 Å².